The molecule has 3 atom stereocenters. The van der Waals surface area contributed by atoms with E-state index in [9.17, 15) is 4.79 Å². The molecule has 0 saturated carbocycles. The quantitative estimate of drug-likeness (QED) is 0.685. The van der Waals surface area contributed by atoms with E-state index in [2.05, 4.69) is 10.6 Å². The first-order chi connectivity index (χ1) is 6.65. The molecule has 2 N–H and O–H groups in total. The average molecular weight is 200 g/mol. The van der Waals surface area contributed by atoms with Gasteiger partial charge in [-0.25, -0.2) is 0 Å². The Balaban J connectivity index is 2.38. The zero-order valence-electron chi connectivity index (χ0n) is 9.17. The Morgan fingerprint density at radius 3 is 2.86 bits per heavy atom. The average Bonchev–Trinajstić information content (AvgIpc) is 2.20. The lowest BCUT2D eigenvalue weighted by atomic mass is 10.0. The standard InChI is InChI=1S/C10H20N2O2/c1-7(8(2)14-3)12-9-5-4-6-11-10(9)13/h7-9,12H,4-6H2,1-3H3,(H,11,13). The fourth-order valence-electron chi connectivity index (χ4n) is 1.59. The second-order valence-corrected chi connectivity index (χ2v) is 3.88. The van der Waals surface area contributed by atoms with Gasteiger partial charge in [0.25, 0.3) is 0 Å². The Morgan fingerprint density at radius 2 is 2.29 bits per heavy atom. The monoisotopic (exact) mass is 200 g/mol. The number of amides is 1. The minimum absolute atomic E-state index is 0.0450. The van der Waals surface area contributed by atoms with Gasteiger partial charge in [-0.15, -0.1) is 0 Å². The maximum absolute atomic E-state index is 11.4. The molecule has 0 bridgehead atoms. The second kappa shape index (κ2) is 5.32. The third kappa shape index (κ3) is 2.96. The number of ether oxygens (including phenoxy) is 1. The van der Waals surface area contributed by atoms with Gasteiger partial charge in [-0.05, 0) is 26.7 Å². The van der Waals surface area contributed by atoms with Crippen molar-refractivity contribution < 1.29 is 9.53 Å². The van der Waals surface area contributed by atoms with Crippen LogP contribution in [-0.2, 0) is 9.53 Å². The van der Waals surface area contributed by atoms with Crippen molar-refractivity contribution in [3.8, 4) is 0 Å². The van der Waals surface area contributed by atoms with E-state index in [1.165, 1.54) is 0 Å². The Hall–Kier alpha value is -0.610. The van der Waals surface area contributed by atoms with E-state index < -0.39 is 0 Å². The summed E-state index contributed by atoms with van der Waals surface area (Å²) in [6.07, 6.45) is 2.11. The molecular weight excluding hydrogens is 180 g/mol. The molecular formula is C10H20N2O2. The SMILES string of the molecule is COC(C)C(C)NC1CCCNC1=O. The summed E-state index contributed by atoms with van der Waals surface area (Å²) in [6, 6.07) is 0.158. The van der Waals surface area contributed by atoms with Gasteiger partial charge in [0.15, 0.2) is 0 Å². The molecule has 82 valence electrons. The van der Waals surface area contributed by atoms with E-state index in [0.717, 1.165) is 19.4 Å². The van der Waals surface area contributed by atoms with Crippen LogP contribution >= 0.6 is 0 Å². The lowest BCUT2D eigenvalue weighted by Crippen LogP contribution is -2.53. The Kier molecular flexibility index (Phi) is 4.35. The third-order valence-electron chi connectivity index (χ3n) is 2.83. The van der Waals surface area contributed by atoms with Crippen LogP contribution in [0.5, 0.6) is 0 Å². The molecule has 0 aromatic rings. The summed E-state index contributed by atoms with van der Waals surface area (Å²) in [5.41, 5.74) is 0. The number of carbonyl (C=O) groups excluding carboxylic acids is 1. The van der Waals surface area contributed by atoms with Crippen molar-refractivity contribution in [2.24, 2.45) is 0 Å². The molecule has 4 heteroatoms. The van der Waals surface area contributed by atoms with Crippen molar-refractivity contribution in [1.82, 2.24) is 10.6 Å². The van der Waals surface area contributed by atoms with Gasteiger partial charge in [-0.2, -0.15) is 0 Å². The Bertz CT molecular complexity index is 197. The van der Waals surface area contributed by atoms with Gasteiger partial charge in [0.2, 0.25) is 5.91 Å². The van der Waals surface area contributed by atoms with E-state index in [-0.39, 0.29) is 24.1 Å². The number of methoxy groups -OCH3 is 1. The summed E-state index contributed by atoms with van der Waals surface area (Å²) in [5, 5.41) is 6.13. The molecule has 14 heavy (non-hydrogen) atoms. The number of hydrogen-bond donors (Lipinski definition) is 2. The molecule has 4 nitrogen and oxygen atoms in total. The van der Waals surface area contributed by atoms with E-state index in [4.69, 9.17) is 4.74 Å². The van der Waals surface area contributed by atoms with E-state index in [1.54, 1.807) is 7.11 Å². The van der Waals surface area contributed by atoms with Crippen LogP contribution < -0.4 is 10.6 Å². The van der Waals surface area contributed by atoms with Gasteiger partial charge < -0.3 is 15.4 Å². The van der Waals surface area contributed by atoms with Gasteiger partial charge in [0.05, 0.1) is 12.1 Å². The van der Waals surface area contributed by atoms with Crippen LogP contribution in [-0.4, -0.2) is 37.7 Å². The normalized spacial score (nSPS) is 26.8. The predicted octanol–water partition coefficient (Wildman–Crippen LogP) is 0.278. The topological polar surface area (TPSA) is 50.4 Å². The van der Waals surface area contributed by atoms with Crippen molar-refractivity contribution in [3.63, 3.8) is 0 Å². The van der Waals surface area contributed by atoms with Crippen LogP contribution in [0.15, 0.2) is 0 Å². The second-order valence-electron chi connectivity index (χ2n) is 3.88. The van der Waals surface area contributed by atoms with E-state index in [0.29, 0.717) is 0 Å². The van der Waals surface area contributed by atoms with Gasteiger partial charge in [-0.3, -0.25) is 4.79 Å². The molecule has 3 unspecified atom stereocenters. The van der Waals surface area contributed by atoms with E-state index in [1.807, 2.05) is 13.8 Å². The third-order valence-corrected chi connectivity index (χ3v) is 2.83. The first-order valence-electron chi connectivity index (χ1n) is 5.21. The van der Waals surface area contributed by atoms with Crippen molar-refractivity contribution in [2.45, 2.75) is 44.9 Å². The van der Waals surface area contributed by atoms with Gasteiger partial charge >= 0.3 is 0 Å². The van der Waals surface area contributed by atoms with Gasteiger partial charge in [-0.1, -0.05) is 0 Å². The summed E-state index contributed by atoms with van der Waals surface area (Å²) in [5.74, 6) is 0.117. The number of piperidine rings is 1. The Labute approximate surface area is 85.4 Å². The smallest absolute Gasteiger partial charge is 0.237 e. The highest BCUT2D eigenvalue weighted by Crippen LogP contribution is 2.06. The van der Waals surface area contributed by atoms with Crippen molar-refractivity contribution in [3.05, 3.63) is 0 Å². The minimum atomic E-state index is -0.0450. The minimum Gasteiger partial charge on any atom is -0.380 e. The van der Waals surface area contributed by atoms with E-state index >= 15 is 0 Å². The van der Waals surface area contributed by atoms with Crippen LogP contribution in [0, 0.1) is 0 Å². The molecule has 1 aliphatic heterocycles. The van der Waals surface area contributed by atoms with Crippen LogP contribution in [0.25, 0.3) is 0 Å². The molecule has 0 aliphatic carbocycles. The number of hydrogen-bond acceptors (Lipinski definition) is 3. The van der Waals surface area contributed by atoms with Crippen molar-refractivity contribution in [2.75, 3.05) is 13.7 Å². The van der Waals surface area contributed by atoms with Crippen LogP contribution in [0.1, 0.15) is 26.7 Å². The molecule has 1 aliphatic rings. The molecule has 0 radical (unpaired) electrons. The van der Waals surface area contributed by atoms with Crippen LogP contribution in [0.3, 0.4) is 0 Å². The zero-order valence-corrected chi connectivity index (χ0v) is 9.17. The van der Waals surface area contributed by atoms with Gasteiger partial charge in [0, 0.05) is 19.7 Å². The largest absolute Gasteiger partial charge is 0.380 e. The number of carbonyl (C=O) groups is 1. The molecule has 0 aromatic carbocycles. The Morgan fingerprint density at radius 1 is 1.57 bits per heavy atom. The summed E-state index contributed by atoms with van der Waals surface area (Å²) >= 11 is 0. The maximum Gasteiger partial charge on any atom is 0.237 e. The summed E-state index contributed by atoms with van der Waals surface area (Å²) in [7, 11) is 1.68. The lowest BCUT2D eigenvalue weighted by molar-refractivity contribution is -0.124. The van der Waals surface area contributed by atoms with Crippen LogP contribution in [0.4, 0.5) is 0 Å². The first kappa shape index (κ1) is 11.5. The molecule has 1 heterocycles. The maximum atomic E-state index is 11.4. The first-order valence-corrected chi connectivity index (χ1v) is 5.21. The molecule has 1 saturated heterocycles. The molecule has 1 rings (SSSR count). The van der Waals surface area contributed by atoms with Gasteiger partial charge in [0.1, 0.15) is 0 Å². The molecule has 0 spiro atoms. The highest BCUT2D eigenvalue weighted by Gasteiger charge is 2.24. The highest BCUT2D eigenvalue weighted by molar-refractivity contribution is 5.82. The van der Waals surface area contributed by atoms with Crippen LogP contribution in [0.2, 0.25) is 0 Å². The molecule has 0 aromatic heterocycles. The fourth-order valence-corrected chi connectivity index (χ4v) is 1.59. The number of nitrogens with one attached hydrogen (secondary N) is 2. The molecule has 1 amide bonds. The summed E-state index contributed by atoms with van der Waals surface area (Å²) in [6.45, 7) is 4.85. The summed E-state index contributed by atoms with van der Waals surface area (Å²) < 4.78 is 5.19. The zero-order chi connectivity index (χ0) is 10.6. The highest BCUT2D eigenvalue weighted by atomic mass is 16.5. The van der Waals surface area contributed by atoms with Crippen molar-refractivity contribution in [1.29, 1.82) is 0 Å². The predicted molar refractivity (Wildman–Crippen MR) is 55.1 cm³/mol. The van der Waals surface area contributed by atoms with Crippen molar-refractivity contribution >= 4 is 5.91 Å². The number of rotatable bonds is 4. The molecule has 1 fully saturated rings. The fraction of sp³-hybridized carbons (Fsp3) is 0.900. The summed E-state index contributed by atoms with van der Waals surface area (Å²) in [4.78, 5) is 11.4. The lowest BCUT2D eigenvalue weighted by Gasteiger charge is -2.28.